The van der Waals surface area contributed by atoms with Crippen molar-refractivity contribution in [3.05, 3.63) is 89.5 Å². The van der Waals surface area contributed by atoms with E-state index in [0.29, 0.717) is 29.0 Å². The van der Waals surface area contributed by atoms with Crippen molar-refractivity contribution in [1.82, 2.24) is 5.32 Å². The largest absolute Gasteiger partial charge is 0.352 e. The fraction of sp³-hybridized carbons (Fsp3) is 0.160. The summed E-state index contributed by atoms with van der Waals surface area (Å²) in [6.45, 7) is 2.33. The fourth-order valence-corrected chi connectivity index (χ4v) is 4.33. The normalized spacial score (nSPS) is 14.8. The maximum atomic E-state index is 12.9. The monoisotopic (exact) mass is 445 g/mol. The molecule has 4 rings (SSSR count). The third-order valence-corrected chi connectivity index (χ3v) is 6.31. The second-order valence-corrected chi connectivity index (χ2v) is 8.83. The van der Waals surface area contributed by atoms with E-state index in [4.69, 9.17) is 0 Å². The molecule has 0 saturated heterocycles. The Morgan fingerprint density at radius 3 is 2.53 bits per heavy atom. The topological polar surface area (TPSA) is 87.3 Å². The average molecular weight is 446 g/mol. The predicted octanol–water partition coefficient (Wildman–Crippen LogP) is 4.34. The van der Waals surface area contributed by atoms with Crippen LogP contribution in [0.25, 0.3) is 0 Å². The number of hydrogen-bond donors (Lipinski definition) is 3. The highest BCUT2D eigenvalue weighted by molar-refractivity contribution is 8.00. The lowest BCUT2D eigenvalue weighted by Gasteiger charge is -2.21. The van der Waals surface area contributed by atoms with Crippen LogP contribution in [0.3, 0.4) is 0 Å². The highest BCUT2D eigenvalue weighted by atomic mass is 32.2. The van der Waals surface area contributed by atoms with E-state index in [1.54, 1.807) is 36.4 Å². The summed E-state index contributed by atoms with van der Waals surface area (Å²) in [5.74, 6) is -0.687. The average Bonchev–Trinajstić information content (AvgIpc) is 2.80. The van der Waals surface area contributed by atoms with Crippen LogP contribution in [0.15, 0.2) is 77.7 Å². The zero-order chi connectivity index (χ0) is 22.5. The Labute approximate surface area is 190 Å². The van der Waals surface area contributed by atoms with E-state index >= 15 is 0 Å². The molecular formula is C25H23N3O3S. The number of carbonyl (C=O) groups is 3. The molecule has 3 N–H and O–H groups in total. The molecule has 3 aromatic carbocycles. The van der Waals surface area contributed by atoms with Crippen molar-refractivity contribution in [3.63, 3.8) is 0 Å². The molecule has 0 unspecified atom stereocenters. The lowest BCUT2D eigenvalue weighted by atomic mass is 10.1. The van der Waals surface area contributed by atoms with Gasteiger partial charge in [0, 0.05) is 17.0 Å². The van der Waals surface area contributed by atoms with E-state index in [0.717, 1.165) is 16.9 Å². The first kappa shape index (κ1) is 21.6. The Morgan fingerprint density at radius 1 is 0.969 bits per heavy atom. The van der Waals surface area contributed by atoms with Crippen molar-refractivity contribution in [1.29, 1.82) is 0 Å². The van der Waals surface area contributed by atoms with Crippen LogP contribution in [0.4, 0.5) is 11.4 Å². The van der Waals surface area contributed by atoms with Crippen molar-refractivity contribution < 1.29 is 14.4 Å². The maximum absolute atomic E-state index is 12.9. The second kappa shape index (κ2) is 9.70. The van der Waals surface area contributed by atoms with Gasteiger partial charge in [-0.2, -0.15) is 0 Å². The van der Waals surface area contributed by atoms with Crippen molar-refractivity contribution in [3.8, 4) is 0 Å². The molecule has 32 heavy (non-hydrogen) atoms. The summed E-state index contributed by atoms with van der Waals surface area (Å²) in [5.41, 5.74) is 2.99. The number of fused-ring (bicyclic) bond motifs is 1. The summed E-state index contributed by atoms with van der Waals surface area (Å²) >= 11 is 1.46. The van der Waals surface area contributed by atoms with Gasteiger partial charge in [-0.05, 0) is 49.2 Å². The molecular weight excluding hydrogens is 422 g/mol. The van der Waals surface area contributed by atoms with Gasteiger partial charge in [0.25, 0.3) is 11.8 Å². The summed E-state index contributed by atoms with van der Waals surface area (Å²) in [7, 11) is 0. The number of para-hydroxylation sites is 1. The van der Waals surface area contributed by atoms with Gasteiger partial charge >= 0.3 is 0 Å². The van der Waals surface area contributed by atoms with Crippen LogP contribution in [0.5, 0.6) is 0 Å². The molecule has 0 aromatic heterocycles. The molecule has 7 heteroatoms. The summed E-state index contributed by atoms with van der Waals surface area (Å²) < 4.78 is 0. The van der Waals surface area contributed by atoms with Gasteiger partial charge in [-0.15, -0.1) is 11.8 Å². The number of rotatable bonds is 6. The minimum Gasteiger partial charge on any atom is -0.352 e. The Morgan fingerprint density at radius 2 is 1.72 bits per heavy atom. The summed E-state index contributed by atoms with van der Waals surface area (Å²) in [6.07, 6.45) is 0.721. The highest BCUT2D eigenvalue weighted by Crippen LogP contribution is 2.36. The Hall–Kier alpha value is -3.58. The lowest BCUT2D eigenvalue weighted by molar-refractivity contribution is -0.115. The van der Waals surface area contributed by atoms with Crippen LogP contribution < -0.4 is 16.0 Å². The van der Waals surface area contributed by atoms with Crippen molar-refractivity contribution in [2.24, 2.45) is 0 Å². The van der Waals surface area contributed by atoms with Crippen molar-refractivity contribution >= 4 is 40.9 Å². The van der Waals surface area contributed by atoms with E-state index in [2.05, 4.69) is 16.0 Å². The Balaban J connectivity index is 1.43. The van der Waals surface area contributed by atoms with Crippen molar-refractivity contribution in [2.75, 3.05) is 17.2 Å². The van der Waals surface area contributed by atoms with Gasteiger partial charge < -0.3 is 16.0 Å². The molecule has 3 aromatic rings. The van der Waals surface area contributed by atoms with Crippen LogP contribution in [-0.2, 0) is 11.2 Å². The van der Waals surface area contributed by atoms with E-state index in [-0.39, 0.29) is 23.0 Å². The molecule has 0 fully saturated rings. The molecule has 162 valence electrons. The number of anilines is 2. The standard InChI is InChI=1S/C25H23N3O3S/c1-16-23(29)28-21-15-18(11-12-22(21)32-16)24(30)27-20-10-6-5-9-19(20)25(31)26-14-13-17-7-3-2-4-8-17/h2-12,15-16H,13-14H2,1H3,(H,26,31)(H,27,30)(H,28,29)/t16-/m0/s1. The molecule has 1 aliphatic heterocycles. The zero-order valence-electron chi connectivity index (χ0n) is 17.6. The second-order valence-electron chi connectivity index (χ2n) is 7.45. The van der Waals surface area contributed by atoms with E-state index in [1.165, 1.54) is 11.8 Å². The van der Waals surface area contributed by atoms with Gasteiger partial charge in [0.15, 0.2) is 0 Å². The van der Waals surface area contributed by atoms with Crippen LogP contribution in [0.1, 0.15) is 33.2 Å². The molecule has 0 aliphatic carbocycles. The summed E-state index contributed by atoms with van der Waals surface area (Å²) in [6, 6.07) is 22.0. The van der Waals surface area contributed by atoms with E-state index in [1.807, 2.05) is 43.3 Å². The number of amides is 3. The third kappa shape index (κ3) is 5.00. The van der Waals surface area contributed by atoms with Gasteiger partial charge in [-0.25, -0.2) is 0 Å². The minimum atomic E-state index is -0.352. The molecule has 1 atom stereocenters. The molecule has 0 saturated carbocycles. The van der Waals surface area contributed by atoms with Gasteiger partial charge in [0.05, 0.1) is 22.2 Å². The Kier molecular flexibility index (Phi) is 6.56. The van der Waals surface area contributed by atoms with Gasteiger partial charge in [0.2, 0.25) is 5.91 Å². The van der Waals surface area contributed by atoms with Gasteiger partial charge in [-0.3, -0.25) is 14.4 Å². The van der Waals surface area contributed by atoms with Gasteiger partial charge in [-0.1, -0.05) is 42.5 Å². The molecule has 0 spiro atoms. The molecule has 3 amide bonds. The number of nitrogens with one attached hydrogen (secondary N) is 3. The van der Waals surface area contributed by atoms with Crippen LogP contribution in [0, 0.1) is 0 Å². The molecule has 1 heterocycles. The highest BCUT2D eigenvalue weighted by Gasteiger charge is 2.24. The third-order valence-electron chi connectivity index (χ3n) is 5.13. The smallest absolute Gasteiger partial charge is 0.255 e. The van der Waals surface area contributed by atoms with Crippen LogP contribution >= 0.6 is 11.8 Å². The van der Waals surface area contributed by atoms with Gasteiger partial charge in [0.1, 0.15) is 0 Å². The quantitative estimate of drug-likeness (QED) is 0.527. The SMILES string of the molecule is C[C@@H]1Sc2ccc(C(=O)Nc3ccccc3C(=O)NCCc3ccccc3)cc2NC1=O. The Bertz CT molecular complexity index is 1160. The van der Waals surface area contributed by atoms with E-state index in [9.17, 15) is 14.4 Å². The fourth-order valence-electron chi connectivity index (χ4n) is 3.39. The van der Waals surface area contributed by atoms with E-state index < -0.39 is 0 Å². The predicted molar refractivity (Wildman–Crippen MR) is 127 cm³/mol. The minimum absolute atomic E-state index is 0.0856. The lowest BCUT2D eigenvalue weighted by Crippen LogP contribution is -2.27. The first-order chi connectivity index (χ1) is 15.5. The maximum Gasteiger partial charge on any atom is 0.255 e. The number of thioether (sulfide) groups is 1. The summed E-state index contributed by atoms with van der Waals surface area (Å²) in [5, 5.41) is 8.39. The zero-order valence-corrected chi connectivity index (χ0v) is 18.4. The molecule has 0 bridgehead atoms. The first-order valence-electron chi connectivity index (χ1n) is 10.4. The first-order valence-corrected chi connectivity index (χ1v) is 11.2. The number of hydrogen-bond acceptors (Lipinski definition) is 4. The van der Waals surface area contributed by atoms with Crippen LogP contribution in [0.2, 0.25) is 0 Å². The number of benzene rings is 3. The van der Waals surface area contributed by atoms with Crippen molar-refractivity contribution in [2.45, 2.75) is 23.5 Å². The molecule has 1 aliphatic rings. The van der Waals surface area contributed by atoms with Crippen LogP contribution in [-0.4, -0.2) is 29.5 Å². The molecule has 0 radical (unpaired) electrons. The number of carbonyl (C=O) groups excluding carboxylic acids is 3. The molecule has 6 nitrogen and oxygen atoms in total. The summed E-state index contributed by atoms with van der Waals surface area (Å²) in [4.78, 5) is 38.4.